The SMILES string of the molecule is CCC1=NCC(CI)O1. The van der Waals surface area contributed by atoms with Crippen LogP contribution >= 0.6 is 22.6 Å². The van der Waals surface area contributed by atoms with E-state index in [1.54, 1.807) is 0 Å². The summed E-state index contributed by atoms with van der Waals surface area (Å²) in [5.41, 5.74) is 0. The van der Waals surface area contributed by atoms with Crippen molar-refractivity contribution < 1.29 is 4.74 Å². The molecule has 1 heterocycles. The number of rotatable bonds is 2. The highest BCUT2D eigenvalue weighted by Gasteiger charge is 2.15. The van der Waals surface area contributed by atoms with Gasteiger partial charge in [0, 0.05) is 10.8 Å². The molecule has 1 aliphatic rings. The van der Waals surface area contributed by atoms with Crippen LogP contribution in [-0.2, 0) is 4.74 Å². The van der Waals surface area contributed by atoms with Gasteiger partial charge in [0.15, 0.2) is 5.90 Å². The number of hydrogen-bond acceptors (Lipinski definition) is 2. The average Bonchev–Trinajstić information content (AvgIpc) is 2.34. The predicted molar refractivity (Wildman–Crippen MR) is 46.4 cm³/mol. The first kappa shape index (κ1) is 7.31. The molecule has 52 valence electrons. The van der Waals surface area contributed by atoms with Crippen LogP contribution in [-0.4, -0.2) is 23.0 Å². The van der Waals surface area contributed by atoms with Crippen molar-refractivity contribution in [3.05, 3.63) is 0 Å². The van der Waals surface area contributed by atoms with Crippen molar-refractivity contribution in [3.8, 4) is 0 Å². The van der Waals surface area contributed by atoms with E-state index >= 15 is 0 Å². The summed E-state index contributed by atoms with van der Waals surface area (Å²) in [7, 11) is 0. The molecule has 1 aliphatic heterocycles. The standard InChI is InChI=1S/C6H10INO/c1-2-6-8-4-5(3-7)9-6/h5H,2-4H2,1H3. The fourth-order valence-corrected chi connectivity index (χ4v) is 1.20. The van der Waals surface area contributed by atoms with E-state index in [1.807, 2.05) is 0 Å². The zero-order valence-corrected chi connectivity index (χ0v) is 7.59. The second-order valence-corrected chi connectivity index (χ2v) is 2.86. The first-order valence-electron chi connectivity index (χ1n) is 3.12. The number of hydrogen-bond donors (Lipinski definition) is 0. The van der Waals surface area contributed by atoms with Crippen LogP contribution in [0.2, 0.25) is 0 Å². The van der Waals surface area contributed by atoms with Crippen LogP contribution in [0.25, 0.3) is 0 Å². The molecule has 0 bridgehead atoms. The highest BCUT2D eigenvalue weighted by Crippen LogP contribution is 2.08. The third-order valence-corrected chi connectivity index (χ3v) is 2.23. The van der Waals surface area contributed by atoms with Crippen molar-refractivity contribution in [2.45, 2.75) is 19.4 Å². The Bertz CT molecular complexity index is 124. The summed E-state index contributed by atoms with van der Waals surface area (Å²) in [5.74, 6) is 0.927. The van der Waals surface area contributed by atoms with Gasteiger partial charge in [-0.05, 0) is 0 Å². The van der Waals surface area contributed by atoms with Crippen molar-refractivity contribution in [2.24, 2.45) is 4.99 Å². The molecule has 0 saturated heterocycles. The average molecular weight is 239 g/mol. The molecule has 1 unspecified atom stereocenters. The van der Waals surface area contributed by atoms with Crippen LogP contribution in [0.5, 0.6) is 0 Å². The van der Waals surface area contributed by atoms with Crippen LogP contribution in [0.1, 0.15) is 13.3 Å². The molecule has 0 aromatic carbocycles. The number of aliphatic imine (C=N–C) groups is 1. The first-order valence-corrected chi connectivity index (χ1v) is 4.65. The molecule has 0 radical (unpaired) electrons. The summed E-state index contributed by atoms with van der Waals surface area (Å²) in [6.45, 7) is 2.93. The van der Waals surface area contributed by atoms with Gasteiger partial charge < -0.3 is 4.74 Å². The molecule has 0 fully saturated rings. The molecule has 0 amide bonds. The Labute approximate surface area is 68.8 Å². The van der Waals surface area contributed by atoms with Crippen molar-refractivity contribution in [3.63, 3.8) is 0 Å². The van der Waals surface area contributed by atoms with Crippen molar-refractivity contribution in [2.75, 3.05) is 11.0 Å². The smallest absolute Gasteiger partial charge is 0.183 e. The van der Waals surface area contributed by atoms with Crippen LogP contribution in [0.4, 0.5) is 0 Å². The van der Waals surface area contributed by atoms with Gasteiger partial charge >= 0.3 is 0 Å². The number of halogens is 1. The summed E-state index contributed by atoms with van der Waals surface area (Å²) in [6, 6.07) is 0. The maximum absolute atomic E-state index is 5.40. The molecule has 0 spiro atoms. The molecule has 0 aliphatic carbocycles. The summed E-state index contributed by atoms with van der Waals surface area (Å²) in [6.07, 6.45) is 1.30. The van der Waals surface area contributed by atoms with Gasteiger partial charge in [0.25, 0.3) is 0 Å². The Morgan fingerprint density at radius 2 is 2.67 bits per heavy atom. The number of nitrogens with zero attached hydrogens (tertiary/aromatic N) is 1. The van der Waals surface area contributed by atoms with E-state index in [0.717, 1.165) is 23.3 Å². The lowest BCUT2D eigenvalue weighted by molar-refractivity contribution is 0.248. The largest absolute Gasteiger partial charge is 0.475 e. The van der Waals surface area contributed by atoms with E-state index in [1.165, 1.54) is 0 Å². The normalized spacial score (nSPS) is 25.6. The molecule has 2 nitrogen and oxygen atoms in total. The molecule has 0 saturated carbocycles. The molecule has 9 heavy (non-hydrogen) atoms. The maximum Gasteiger partial charge on any atom is 0.183 e. The zero-order valence-electron chi connectivity index (χ0n) is 5.43. The Hall–Kier alpha value is 0.200. The Kier molecular flexibility index (Phi) is 2.75. The quantitative estimate of drug-likeness (QED) is 0.530. The number of alkyl halides is 1. The van der Waals surface area contributed by atoms with Gasteiger partial charge in [-0.1, -0.05) is 29.5 Å². The van der Waals surface area contributed by atoms with E-state index in [-0.39, 0.29) is 0 Å². The highest BCUT2D eigenvalue weighted by atomic mass is 127. The Balaban J connectivity index is 2.31. The van der Waals surface area contributed by atoms with E-state index in [4.69, 9.17) is 4.74 Å². The number of ether oxygens (including phenoxy) is 1. The second kappa shape index (κ2) is 3.39. The minimum atomic E-state index is 0.362. The summed E-state index contributed by atoms with van der Waals surface area (Å²) in [4.78, 5) is 4.20. The molecule has 0 aromatic rings. The van der Waals surface area contributed by atoms with Gasteiger partial charge in [0.1, 0.15) is 6.10 Å². The van der Waals surface area contributed by atoms with Crippen molar-refractivity contribution in [1.29, 1.82) is 0 Å². The first-order chi connectivity index (χ1) is 4.36. The van der Waals surface area contributed by atoms with Gasteiger partial charge in [0.05, 0.1) is 6.54 Å². The Morgan fingerprint density at radius 3 is 3.00 bits per heavy atom. The van der Waals surface area contributed by atoms with E-state index in [9.17, 15) is 0 Å². The molecular weight excluding hydrogens is 229 g/mol. The van der Waals surface area contributed by atoms with E-state index in [0.29, 0.717) is 6.10 Å². The van der Waals surface area contributed by atoms with Crippen LogP contribution < -0.4 is 0 Å². The summed E-state index contributed by atoms with van der Waals surface area (Å²) >= 11 is 2.32. The van der Waals surface area contributed by atoms with Gasteiger partial charge in [0.2, 0.25) is 0 Å². The highest BCUT2D eigenvalue weighted by molar-refractivity contribution is 14.1. The Morgan fingerprint density at radius 1 is 1.89 bits per heavy atom. The van der Waals surface area contributed by atoms with Crippen LogP contribution in [0.15, 0.2) is 4.99 Å². The zero-order chi connectivity index (χ0) is 6.69. The fourth-order valence-electron chi connectivity index (χ4n) is 0.746. The van der Waals surface area contributed by atoms with Crippen LogP contribution in [0.3, 0.4) is 0 Å². The maximum atomic E-state index is 5.40. The van der Waals surface area contributed by atoms with Crippen molar-refractivity contribution in [1.82, 2.24) is 0 Å². The lowest BCUT2D eigenvalue weighted by atomic mass is 10.4. The van der Waals surface area contributed by atoms with Gasteiger partial charge in [-0.2, -0.15) is 0 Å². The molecule has 1 rings (SSSR count). The van der Waals surface area contributed by atoms with Crippen LogP contribution in [0, 0.1) is 0 Å². The van der Waals surface area contributed by atoms with E-state index in [2.05, 4.69) is 34.5 Å². The summed E-state index contributed by atoms with van der Waals surface area (Å²) < 4.78 is 6.45. The van der Waals surface area contributed by atoms with Gasteiger partial charge in [-0.25, -0.2) is 0 Å². The third kappa shape index (κ3) is 1.81. The molecular formula is C6H10INO. The lowest BCUT2D eigenvalue weighted by Gasteiger charge is -2.04. The fraction of sp³-hybridized carbons (Fsp3) is 0.833. The molecule has 0 N–H and O–H groups in total. The minimum absolute atomic E-state index is 0.362. The van der Waals surface area contributed by atoms with Gasteiger partial charge in [-0.15, -0.1) is 0 Å². The predicted octanol–water partition coefficient (Wildman–Crippen LogP) is 1.63. The minimum Gasteiger partial charge on any atom is -0.475 e. The molecule has 1 atom stereocenters. The monoisotopic (exact) mass is 239 g/mol. The topological polar surface area (TPSA) is 21.6 Å². The molecule has 3 heteroatoms. The molecule has 0 aromatic heterocycles. The third-order valence-electron chi connectivity index (χ3n) is 1.25. The van der Waals surface area contributed by atoms with Crippen molar-refractivity contribution >= 4 is 28.5 Å². The summed E-state index contributed by atoms with van der Waals surface area (Å²) in [5, 5.41) is 0. The van der Waals surface area contributed by atoms with Gasteiger partial charge in [-0.3, -0.25) is 4.99 Å². The van der Waals surface area contributed by atoms with E-state index < -0.39 is 0 Å². The lowest BCUT2D eigenvalue weighted by Crippen LogP contribution is -2.13. The second-order valence-electron chi connectivity index (χ2n) is 1.98.